The Labute approximate surface area is 105 Å². The minimum absolute atomic E-state index is 0.101. The quantitative estimate of drug-likeness (QED) is 0.612. The molecule has 0 aromatic heterocycles. The number of nitrogens with one attached hydrogen (secondary N) is 1. The van der Waals surface area contributed by atoms with Gasteiger partial charge in [-0.1, -0.05) is 0 Å². The molecule has 1 aromatic rings. The van der Waals surface area contributed by atoms with Crippen LogP contribution in [0.15, 0.2) is 18.2 Å². The zero-order valence-corrected chi connectivity index (χ0v) is 10.3. The summed E-state index contributed by atoms with van der Waals surface area (Å²) in [6.07, 6.45) is -0.0447. The molecule has 0 aliphatic carbocycles. The fourth-order valence-corrected chi connectivity index (χ4v) is 1.50. The molecule has 1 aromatic carbocycles. The Balaban J connectivity index is 2.76. The summed E-state index contributed by atoms with van der Waals surface area (Å²) in [6, 6.07) is 4.24. The Morgan fingerprint density at radius 3 is 2.72 bits per heavy atom. The van der Waals surface area contributed by atoms with E-state index in [0.717, 1.165) is 0 Å². The van der Waals surface area contributed by atoms with Crippen LogP contribution in [0.3, 0.4) is 0 Å². The van der Waals surface area contributed by atoms with E-state index < -0.39 is 11.0 Å². The van der Waals surface area contributed by atoms with Crippen molar-refractivity contribution in [3.05, 3.63) is 39.4 Å². The van der Waals surface area contributed by atoms with Crippen LogP contribution in [0.1, 0.15) is 29.3 Å². The molecule has 0 bridgehead atoms. The van der Waals surface area contributed by atoms with Crippen LogP contribution < -0.4 is 5.32 Å². The summed E-state index contributed by atoms with van der Waals surface area (Å²) in [7, 11) is 0. The van der Waals surface area contributed by atoms with Gasteiger partial charge in [-0.25, -0.2) is 0 Å². The second-order valence-electron chi connectivity index (χ2n) is 4.21. The zero-order chi connectivity index (χ0) is 13.7. The Bertz CT molecular complexity index is 457. The minimum atomic E-state index is -0.528. The lowest BCUT2D eigenvalue weighted by Crippen LogP contribution is -2.26. The highest BCUT2D eigenvalue weighted by atomic mass is 16.6. The number of hydrogen-bond donors (Lipinski definition) is 2. The molecule has 98 valence electrons. The minimum Gasteiger partial charge on any atom is -0.393 e. The van der Waals surface area contributed by atoms with Crippen LogP contribution in [0.4, 0.5) is 5.69 Å². The van der Waals surface area contributed by atoms with Gasteiger partial charge in [0.25, 0.3) is 11.6 Å². The van der Waals surface area contributed by atoms with Crippen LogP contribution in [0.25, 0.3) is 0 Å². The average Bonchev–Trinajstić information content (AvgIpc) is 2.27. The zero-order valence-electron chi connectivity index (χ0n) is 10.3. The Kier molecular flexibility index (Phi) is 4.79. The van der Waals surface area contributed by atoms with E-state index in [9.17, 15) is 14.9 Å². The van der Waals surface area contributed by atoms with Gasteiger partial charge in [0.15, 0.2) is 0 Å². The predicted octanol–water partition coefficient (Wildman–Crippen LogP) is 1.40. The van der Waals surface area contributed by atoms with Crippen LogP contribution in [-0.2, 0) is 0 Å². The van der Waals surface area contributed by atoms with Gasteiger partial charge in [-0.3, -0.25) is 14.9 Å². The number of hydrogen-bond acceptors (Lipinski definition) is 4. The van der Waals surface area contributed by atoms with Gasteiger partial charge in [0.1, 0.15) is 0 Å². The lowest BCUT2D eigenvalue weighted by atomic mass is 10.1. The molecular weight excluding hydrogens is 236 g/mol. The third kappa shape index (κ3) is 4.14. The van der Waals surface area contributed by atoms with E-state index in [1.807, 2.05) is 0 Å². The van der Waals surface area contributed by atoms with Crippen molar-refractivity contribution in [3.8, 4) is 0 Å². The molecule has 0 aliphatic rings. The van der Waals surface area contributed by atoms with Gasteiger partial charge in [0, 0.05) is 24.2 Å². The second kappa shape index (κ2) is 6.11. The Morgan fingerprint density at radius 1 is 1.50 bits per heavy atom. The number of non-ortho nitro benzene ring substituents is 1. The third-order valence-corrected chi connectivity index (χ3v) is 2.38. The number of amides is 1. The fraction of sp³-hybridized carbons (Fsp3) is 0.417. The summed E-state index contributed by atoms with van der Waals surface area (Å²) in [6.45, 7) is 3.65. The fourth-order valence-electron chi connectivity index (χ4n) is 1.50. The normalized spacial score (nSPS) is 11.9. The number of aryl methyl sites for hydroxylation is 1. The molecule has 0 spiro atoms. The molecule has 0 heterocycles. The van der Waals surface area contributed by atoms with Gasteiger partial charge >= 0.3 is 0 Å². The van der Waals surface area contributed by atoms with E-state index in [2.05, 4.69) is 5.32 Å². The molecule has 1 unspecified atom stereocenters. The first kappa shape index (κ1) is 14.1. The number of carbonyl (C=O) groups is 1. The summed E-state index contributed by atoms with van der Waals surface area (Å²) in [5, 5.41) is 22.3. The van der Waals surface area contributed by atoms with Crippen molar-refractivity contribution in [2.75, 3.05) is 6.54 Å². The first-order valence-corrected chi connectivity index (χ1v) is 5.62. The first-order valence-electron chi connectivity index (χ1n) is 5.62. The first-order chi connectivity index (χ1) is 8.40. The SMILES string of the molecule is Cc1cc(C(=O)NCCC(C)O)cc([N+](=O)[O-])c1. The van der Waals surface area contributed by atoms with Gasteiger partial charge in [-0.15, -0.1) is 0 Å². The van der Waals surface area contributed by atoms with Gasteiger partial charge < -0.3 is 10.4 Å². The highest BCUT2D eigenvalue weighted by Crippen LogP contribution is 2.16. The van der Waals surface area contributed by atoms with Crippen molar-refractivity contribution in [2.24, 2.45) is 0 Å². The lowest BCUT2D eigenvalue weighted by Gasteiger charge is -2.07. The lowest BCUT2D eigenvalue weighted by molar-refractivity contribution is -0.384. The molecule has 0 saturated heterocycles. The number of nitro benzene ring substituents is 1. The Morgan fingerprint density at radius 2 is 2.17 bits per heavy atom. The largest absolute Gasteiger partial charge is 0.393 e. The van der Waals surface area contributed by atoms with Gasteiger partial charge in [0.2, 0.25) is 0 Å². The van der Waals surface area contributed by atoms with Crippen molar-refractivity contribution in [3.63, 3.8) is 0 Å². The van der Waals surface area contributed by atoms with Crippen molar-refractivity contribution >= 4 is 11.6 Å². The smallest absolute Gasteiger partial charge is 0.270 e. The maximum absolute atomic E-state index is 11.7. The van der Waals surface area contributed by atoms with E-state index >= 15 is 0 Å². The predicted molar refractivity (Wildman–Crippen MR) is 66.5 cm³/mol. The standard InChI is InChI=1S/C12H16N2O4/c1-8-5-10(7-11(6-8)14(17)18)12(16)13-4-3-9(2)15/h5-7,9,15H,3-4H2,1-2H3,(H,13,16). The van der Waals surface area contributed by atoms with Crippen LogP contribution in [0, 0.1) is 17.0 Å². The van der Waals surface area contributed by atoms with Gasteiger partial charge in [0.05, 0.1) is 11.0 Å². The molecule has 1 amide bonds. The molecule has 0 saturated carbocycles. The van der Waals surface area contributed by atoms with E-state index in [1.165, 1.54) is 12.1 Å². The van der Waals surface area contributed by atoms with Crippen molar-refractivity contribution in [1.82, 2.24) is 5.32 Å². The van der Waals surface area contributed by atoms with E-state index in [0.29, 0.717) is 18.5 Å². The summed E-state index contributed by atoms with van der Waals surface area (Å²) in [4.78, 5) is 21.9. The van der Waals surface area contributed by atoms with Crippen molar-refractivity contribution in [2.45, 2.75) is 26.4 Å². The highest BCUT2D eigenvalue weighted by molar-refractivity contribution is 5.95. The maximum Gasteiger partial charge on any atom is 0.270 e. The monoisotopic (exact) mass is 252 g/mol. The summed E-state index contributed by atoms with van der Waals surface area (Å²) < 4.78 is 0. The number of rotatable bonds is 5. The molecular formula is C12H16N2O4. The number of nitro groups is 1. The molecule has 1 rings (SSSR count). The van der Waals surface area contributed by atoms with E-state index in [4.69, 9.17) is 5.11 Å². The highest BCUT2D eigenvalue weighted by Gasteiger charge is 2.13. The van der Waals surface area contributed by atoms with Crippen LogP contribution in [-0.4, -0.2) is 28.6 Å². The molecule has 6 nitrogen and oxygen atoms in total. The van der Waals surface area contributed by atoms with Crippen molar-refractivity contribution < 1.29 is 14.8 Å². The third-order valence-electron chi connectivity index (χ3n) is 2.38. The van der Waals surface area contributed by atoms with Crippen LogP contribution in [0.2, 0.25) is 0 Å². The van der Waals surface area contributed by atoms with Gasteiger partial charge in [-0.05, 0) is 31.9 Å². The number of benzene rings is 1. The molecule has 0 fully saturated rings. The number of aliphatic hydroxyl groups excluding tert-OH is 1. The summed E-state index contributed by atoms with van der Waals surface area (Å²) in [5.41, 5.74) is 0.813. The molecule has 1 atom stereocenters. The average molecular weight is 252 g/mol. The number of nitrogens with zero attached hydrogens (tertiary/aromatic N) is 1. The van der Waals surface area contributed by atoms with Crippen molar-refractivity contribution in [1.29, 1.82) is 0 Å². The molecule has 18 heavy (non-hydrogen) atoms. The van der Waals surface area contributed by atoms with Gasteiger partial charge in [-0.2, -0.15) is 0 Å². The summed E-state index contributed by atoms with van der Waals surface area (Å²) >= 11 is 0. The number of carbonyl (C=O) groups excluding carboxylic acids is 1. The topological polar surface area (TPSA) is 92.5 Å². The maximum atomic E-state index is 11.7. The number of aliphatic hydroxyl groups is 1. The van der Waals surface area contributed by atoms with E-state index in [1.54, 1.807) is 19.9 Å². The summed E-state index contributed by atoms with van der Waals surface area (Å²) in [5.74, 6) is -0.373. The molecule has 2 N–H and O–H groups in total. The molecule has 0 aliphatic heterocycles. The molecule has 6 heteroatoms. The molecule has 0 radical (unpaired) electrons. The Hall–Kier alpha value is -1.95. The van der Waals surface area contributed by atoms with Crippen LogP contribution in [0.5, 0.6) is 0 Å². The van der Waals surface area contributed by atoms with Crippen LogP contribution >= 0.6 is 0 Å². The van der Waals surface area contributed by atoms with E-state index in [-0.39, 0.29) is 17.2 Å². The second-order valence-corrected chi connectivity index (χ2v) is 4.21.